The highest BCUT2D eigenvalue weighted by Gasteiger charge is 2.01. The number of benzene rings is 1. The summed E-state index contributed by atoms with van der Waals surface area (Å²) in [6.45, 7) is 1.83. The number of rotatable bonds is 2. The van der Waals surface area contributed by atoms with Crippen molar-refractivity contribution in [2.45, 2.75) is 6.92 Å². The standard InChI is InChI=1S/C9H7NO/c1-7-3-2-4-8(6-11)9(7)5-10/h2-4,10H,1H3. The second-order valence-corrected chi connectivity index (χ2v) is 2.22. The van der Waals surface area contributed by atoms with Gasteiger partial charge in [0, 0.05) is 11.1 Å². The third kappa shape index (κ3) is 1.34. The zero-order valence-electron chi connectivity index (χ0n) is 6.14. The summed E-state index contributed by atoms with van der Waals surface area (Å²) in [4.78, 5) is 10.3. The van der Waals surface area contributed by atoms with Crippen molar-refractivity contribution in [3.05, 3.63) is 34.9 Å². The lowest BCUT2D eigenvalue weighted by Gasteiger charge is -1.98. The third-order valence-corrected chi connectivity index (χ3v) is 1.51. The Morgan fingerprint density at radius 1 is 1.45 bits per heavy atom. The van der Waals surface area contributed by atoms with Crippen LogP contribution in [0.1, 0.15) is 16.7 Å². The molecule has 2 heteroatoms. The van der Waals surface area contributed by atoms with Crippen LogP contribution < -0.4 is 0 Å². The quantitative estimate of drug-likeness (QED) is 0.626. The van der Waals surface area contributed by atoms with E-state index in [4.69, 9.17) is 5.41 Å². The Morgan fingerprint density at radius 3 is 2.64 bits per heavy atom. The first kappa shape index (κ1) is 7.66. The molecule has 0 amide bonds. The van der Waals surface area contributed by atoms with Gasteiger partial charge in [0.25, 0.3) is 0 Å². The molecule has 0 saturated heterocycles. The number of carbonyl (C=O) groups excluding carboxylic acids is 1. The van der Waals surface area contributed by atoms with Crippen molar-refractivity contribution < 1.29 is 4.79 Å². The van der Waals surface area contributed by atoms with Crippen LogP contribution >= 0.6 is 0 Å². The summed E-state index contributed by atoms with van der Waals surface area (Å²) in [5.74, 6) is 0. The van der Waals surface area contributed by atoms with Gasteiger partial charge in [0.15, 0.2) is 0 Å². The van der Waals surface area contributed by atoms with Gasteiger partial charge in [-0.05, 0) is 12.5 Å². The maximum absolute atomic E-state index is 10.3. The first-order valence-electron chi connectivity index (χ1n) is 3.20. The van der Waals surface area contributed by atoms with E-state index in [0.717, 1.165) is 5.56 Å². The molecule has 0 bridgehead atoms. The molecule has 0 spiro atoms. The Kier molecular flexibility index (Phi) is 2.16. The highest BCUT2D eigenvalue weighted by Crippen LogP contribution is 2.08. The van der Waals surface area contributed by atoms with Gasteiger partial charge < -0.3 is 0 Å². The molecule has 0 aliphatic heterocycles. The smallest absolute Gasteiger partial charge is 0.234 e. The van der Waals surface area contributed by atoms with Gasteiger partial charge in [-0.2, -0.15) is 0 Å². The van der Waals surface area contributed by atoms with E-state index in [1.54, 1.807) is 18.4 Å². The number of aryl methyl sites for hydroxylation is 1. The van der Waals surface area contributed by atoms with E-state index < -0.39 is 0 Å². The zero-order valence-corrected chi connectivity index (χ0v) is 6.14. The highest BCUT2D eigenvalue weighted by molar-refractivity contribution is 5.92. The van der Waals surface area contributed by atoms with Crippen LogP contribution in [0, 0.1) is 12.3 Å². The summed E-state index contributed by atoms with van der Waals surface area (Å²) >= 11 is 0. The summed E-state index contributed by atoms with van der Waals surface area (Å²) in [6.07, 6.45) is 3.96. The molecular formula is C9H7NO. The Hall–Kier alpha value is -1.44. The average Bonchev–Trinajstić information content (AvgIpc) is 2.04. The van der Waals surface area contributed by atoms with Crippen LogP contribution in [-0.2, 0) is 4.79 Å². The van der Waals surface area contributed by atoms with Crippen LogP contribution in [-0.4, -0.2) is 12.5 Å². The number of hydrogen-bond donors (Lipinski definition) is 1. The van der Waals surface area contributed by atoms with Gasteiger partial charge in [-0.15, -0.1) is 0 Å². The van der Waals surface area contributed by atoms with Gasteiger partial charge in [-0.3, -0.25) is 10.2 Å². The van der Waals surface area contributed by atoms with E-state index in [1.165, 1.54) is 0 Å². The topological polar surface area (TPSA) is 40.9 Å². The molecule has 0 saturated carbocycles. The van der Waals surface area contributed by atoms with Gasteiger partial charge in [-0.25, -0.2) is 0 Å². The zero-order chi connectivity index (χ0) is 8.27. The van der Waals surface area contributed by atoms with E-state index in [1.807, 2.05) is 13.0 Å². The van der Waals surface area contributed by atoms with Gasteiger partial charge in [0.05, 0.1) is 6.21 Å². The van der Waals surface area contributed by atoms with Crippen molar-refractivity contribution in [3.63, 3.8) is 0 Å². The van der Waals surface area contributed by atoms with Crippen LogP contribution in [0.5, 0.6) is 0 Å². The molecule has 0 fully saturated rings. The van der Waals surface area contributed by atoms with Crippen molar-refractivity contribution in [1.82, 2.24) is 0 Å². The lowest BCUT2D eigenvalue weighted by Crippen LogP contribution is -1.93. The predicted octanol–water partition coefficient (Wildman–Crippen LogP) is 1.33. The van der Waals surface area contributed by atoms with E-state index >= 15 is 0 Å². The van der Waals surface area contributed by atoms with Gasteiger partial charge in [-0.1, -0.05) is 18.2 Å². The van der Waals surface area contributed by atoms with Crippen molar-refractivity contribution in [1.29, 1.82) is 5.41 Å². The lowest BCUT2D eigenvalue weighted by atomic mass is 10.0. The Bertz CT molecular complexity index is 292. The minimum atomic E-state index is 0.403. The van der Waals surface area contributed by atoms with E-state index in [2.05, 4.69) is 6.21 Å². The number of hydrogen-bond acceptors (Lipinski definition) is 2. The van der Waals surface area contributed by atoms with Crippen molar-refractivity contribution in [3.8, 4) is 0 Å². The highest BCUT2D eigenvalue weighted by atomic mass is 16.1. The molecule has 0 aliphatic rings. The molecule has 11 heavy (non-hydrogen) atoms. The Labute approximate surface area is 65.4 Å². The second-order valence-electron chi connectivity index (χ2n) is 2.22. The van der Waals surface area contributed by atoms with Crippen LogP contribution in [0.25, 0.3) is 0 Å². The summed E-state index contributed by atoms with van der Waals surface area (Å²) in [5, 5.41) is 6.90. The molecule has 0 heterocycles. The van der Waals surface area contributed by atoms with E-state index in [0.29, 0.717) is 11.1 Å². The Morgan fingerprint density at radius 2 is 2.18 bits per heavy atom. The fraction of sp³-hybridized carbons (Fsp3) is 0.111. The maximum atomic E-state index is 10.3. The molecule has 1 aromatic rings. The molecule has 0 aliphatic carbocycles. The molecule has 54 valence electrons. The van der Waals surface area contributed by atoms with Crippen molar-refractivity contribution in [2.24, 2.45) is 0 Å². The molecule has 0 aromatic heterocycles. The second kappa shape index (κ2) is 3.10. The van der Waals surface area contributed by atoms with Gasteiger partial charge >= 0.3 is 0 Å². The van der Waals surface area contributed by atoms with E-state index in [-0.39, 0.29) is 0 Å². The van der Waals surface area contributed by atoms with Crippen LogP contribution in [0.3, 0.4) is 0 Å². The van der Waals surface area contributed by atoms with Gasteiger partial charge in [0.1, 0.15) is 0 Å². The first-order valence-corrected chi connectivity index (χ1v) is 3.20. The van der Waals surface area contributed by atoms with Crippen LogP contribution in [0.15, 0.2) is 18.2 Å². The molecule has 2 nitrogen and oxygen atoms in total. The van der Waals surface area contributed by atoms with Crippen LogP contribution in [0.4, 0.5) is 0 Å². The Balaban J connectivity index is 3.35. The van der Waals surface area contributed by atoms with Crippen LogP contribution in [0.2, 0.25) is 0 Å². The summed E-state index contributed by atoms with van der Waals surface area (Å²) in [6, 6.07) is 5.21. The summed E-state index contributed by atoms with van der Waals surface area (Å²) < 4.78 is 0. The molecule has 1 N–H and O–H groups in total. The fourth-order valence-corrected chi connectivity index (χ4v) is 0.919. The number of nitrogens with one attached hydrogen (secondary N) is 1. The fourth-order valence-electron chi connectivity index (χ4n) is 0.919. The maximum Gasteiger partial charge on any atom is 0.234 e. The average molecular weight is 145 g/mol. The van der Waals surface area contributed by atoms with Gasteiger partial charge in [0.2, 0.25) is 6.29 Å². The minimum absolute atomic E-state index is 0.403. The SMILES string of the molecule is Cc1cccc([C]=O)c1[C]=N. The molecule has 2 radical (unpaired) electrons. The first-order chi connectivity index (χ1) is 5.29. The largest absolute Gasteiger partial charge is 0.298 e. The lowest BCUT2D eigenvalue weighted by molar-refractivity contribution is 0.562. The minimum Gasteiger partial charge on any atom is -0.298 e. The third-order valence-electron chi connectivity index (χ3n) is 1.51. The normalized spacial score (nSPS) is 9.18. The van der Waals surface area contributed by atoms with Crippen molar-refractivity contribution >= 4 is 12.5 Å². The summed E-state index contributed by atoms with van der Waals surface area (Å²) in [7, 11) is 0. The molecular weight excluding hydrogens is 138 g/mol. The predicted molar refractivity (Wildman–Crippen MR) is 42.8 cm³/mol. The monoisotopic (exact) mass is 145 g/mol. The molecule has 0 unspecified atom stereocenters. The van der Waals surface area contributed by atoms with Crippen molar-refractivity contribution in [2.75, 3.05) is 0 Å². The van der Waals surface area contributed by atoms with E-state index in [9.17, 15) is 4.79 Å². The molecule has 0 atom stereocenters. The molecule has 1 rings (SSSR count). The molecule has 1 aromatic carbocycles. The summed E-state index contributed by atoms with van der Waals surface area (Å²) in [5.41, 5.74) is 1.81.